The molecule has 0 bridgehead atoms. The minimum Gasteiger partial charge on any atom is -0.482 e. The highest BCUT2D eigenvalue weighted by atomic mass is 16.5. The molecule has 3 aromatic rings. The molecule has 3 nitrogen and oxygen atoms in total. The summed E-state index contributed by atoms with van der Waals surface area (Å²) >= 11 is 0. The molecule has 0 fully saturated rings. The molecule has 3 rings (SSSR count). The molecule has 0 heterocycles. The van der Waals surface area contributed by atoms with E-state index in [0.29, 0.717) is 23.5 Å². The lowest BCUT2D eigenvalue weighted by atomic mass is 9.87. The zero-order chi connectivity index (χ0) is 24.8. The van der Waals surface area contributed by atoms with Crippen molar-refractivity contribution in [3.63, 3.8) is 0 Å². The van der Waals surface area contributed by atoms with Crippen LogP contribution >= 0.6 is 0 Å². The molecule has 3 aromatic carbocycles. The number of benzene rings is 3. The number of aliphatic carboxylic acids is 1. The Labute approximate surface area is 204 Å². The maximum atomic E-state index is 10.9. The van der Waals surface area contributed by atoms with Crippen molar-refractivity contribution in [1.29, 1.82) is 0 Å². The van der Waals surface area contributed by atoms with Gasteiger partial charge in [-0.1, -0.05) is 90.1 Å². The van der Waals surface area contributed by atoms with Crippen molar-refractivity contribution in [3.8, 4) is 28.0 Å². The second-order valence-electron chi connectivity index (χ2n) is 10.3. The summed E-state index contributed by atoms with van der Waals surface area (Å²) in [5, 5.41) is 8.97. The lowest BCUT2D eigenvalue weighted by Crippen LogP contribution is -2.09. The Morgan fingerprint density at radius 3 is 1.94 bits per heavy atom. The third-order valence-corrected chi connectivity index (χ3v) is 5.98. The largest absolute Gasteiger partial charge is 0.482 e. The Morgan fingerprint density at radius 1 is 0.765 bits per heavy atom. The standard InChI is InChI=1S/C31H38O3/c1-20(2)14-26-17-25(10-12-29(26)24-9-7-8-23(16-24)22(5)6)30-13-11-28(34-19-31(32)33)18-27(30)15-21(3)4/h7-13,16-18,20-22H,14-15,19H2,1-6H3,(H,32,33). The van der Waals surface area contributed by atoms with Crippen LogP contribution in [0.4, 0.5) is 0 Å². The molecule has 0 aliphatic heterocycles. The van der Waals surface area contributed by atoms with E-state index in [2.05, 4.69) is 90.1 Å². The lowest BCUT2D eigenvalue weighted by Gasteiger charge is -2.18. The maximum Gasteiger partial charge on any atom is 0.341 e. The van der Waals surface area contributed by atoms with E-state index in [9.17, 15) is 4.79 Å². The minimum absolute atomic E-state index is 0.330. The maximum absolute atomic E-state index is 10.9. The van der Waals surface area contributed by atoms with Crippen LogP contribution in [0.1, 0.15) is 64.2 Å². The fourth-order valence-electron chi connectivity index (χ4n) is 4.41. The van der Waals surface area contributed by atoms with Crippen LogP contribution in [0.3, 0.4) is 0 Å². The van der Waals surface area contributed by atoms with Crippen LogP contribution in [-0.4, -0.2) is 17.7 Å². The summed E-state index contributed by atoms with van der Waals surface area (Å²) in [7, 11) is 0. The van der Waals surface area contributed by atoms with E-state index < -0.39 is 5.97 Å². The Kier molecular flexibility index (Phi) is 8.55. The molecule has 0 aromatic heterocycles. The van der Waals surface area contributed by atoms with Gasteiger partial charge >= 0.3 is 5.97 Å². The van der Waals surface area contributed by atoms with Gasteiger partial charge in [-0.05, 0) is 81.7 Å². The van der Waals surface area contributed by atoms with Crippen molar-refractivity contribution >= 4 is 5.97 Å². The number of hydrogen-bond acceptors (Lipinski definition) is 2. The summed E-state index contributed by atoms with van der Waals surface area (Å²) in [6, 6.07) is 21.7. The summed E-state index contributed by atoms with van der Waals surface area (Å²) in [5.74, 6) is 1.15. The van der Waals surface area contributed by atoms with Crippen molar-refractivity contribution in [3.05, 3.63) is 77.4 Å². The number of rotatable bonds is 10. The van der Waals surface area contributed by atoms with E-state index in [4.69, 9.17) is 9.84 Å². The second kappa shape index (κ2) is 11.4. The topological polar surface area (TPSA) is 46.5 Å². The van der Waals surface area contributed by atoms with E-state index >= 15 is 0 Å². The third kappa shape index (κ3) is 6.72. The van der Waals surface area contributed by atoms with Crippen molar-refractivity contribution < 1.29 is 14.6 Å². The van der Waals surface area contributed by atoms with Crippen LogP contribution in [0.25, 0.3) is 22.3 Å². The zero-order valence-corrected chi connectivity index (χ0v) is 21.4. The molecule has 34 heavy (non-hydrogen) atoms. The number of carboxylic acid groups (broad SMARTS) is 1. The molecule has 1 N–H and O–H groups in total. The average Bonchev–Trinajstić information content (AvgIpc) is 2.77. The smallest absolute Gasteiger partial charge is 0.341 e. The first-order valence-electron chi connectivity index (χ1n) is 12.3. The molecule has 0 atom stereocenters. The predicted octanol–water partition coefficient (Wildman–Crippen LogP) is 8.00. The molecule has 0 spiro atoms. The normalized spacial score (nSPS) is 11.4. The lowest BCUT2D eigenvalue weighted by molar-refractivity contribution is -0.139. The second-order valence-corrected chi connectivity index (χ2v) is 10.3. The van der Waals surface area contributed by atoms with E-state index in [1.54, 1.807) is 0 Å². The Balaban J connectivity index is 2.07. The first-order chi connectivity index (χ1) is 16.1. The molecular weight excluding hydrogens is 420 g/mol. The van der Waals surface area contributed by atoms with E-state index in [1.807, 2.05) is 12.1 Å². The summed E-state index contributed by atoms with van der Waals surface area (Å²) in [5.41, 5.74) is 8.84. The highest BCUT2D eigenvalue weighted by Crippen LogP contribution is 2.35. The van der Waals surface area contributed by atoms with Crippen LogP contribution in [0.2, 0.25) is 0 Å². The van der Waals surface area contributed by atoms with Crippen molar-refractivity contribution in [2.75, 3.05) is 6.61 Å². The molecule has 0 aliphatic carbocycles. The molecule has 0 aliphatic rings. The fourth-order valence-corrected chi connectivity index (χ4v) is 4.41. The van der Waals surface area contributed by atoms with Gasteiger partial charge in [0.1, 0.15) is 5.75 Å². The van der Waals surface area contributed by atoms with Gasteiger partial charge in [0.2, 0.25) is 0 Å². The highest BCUT2D eigenvalue weighted by Gasteiger charge is 2.14. The van der Waals surface area contributed by atoms with E-state index in [0.717, 1.165) is 12.8 Å². The zero-order valence-electron chi connectivity index (χ0n) is 21.4. The van der Waals surface area contributed by atoms with E-state index in [-0.39, 0.29) is 6.61 Å². The summed E-state index contributed by atoms with van der Waals surface area (Å²) in [6.07, 6.45) is 1.91. The molecule has 0 amide bonds. The predicted molar refractivity (Wildman–Crippen MR) is 142 cm³/mol. The first-order valence-corrected chi connectivity index (χ1v) is 12.3. The van der Waals surface area contributed by atoms with Gasteiger partial charge in [0.15, 0.2) is 6.61 Å². The Morgan fingerprint density at radius 2 is 1.35 bits per heavy atom. The SMILES string of the molecule is CC(C)Cc1cc(OCC(=O)O)ccc1-c1ccc(-c2cccc(C(C)C)c2)c(CC(C)C)c1. The highest BCUT2D eigenvalue weighted by molar-refractivity contribution is 5.76. The van der Waals surface area contributed by atoms with Crippen LogP contribution in [0.5, 0.6) is 5.75 Å². The van der Waals surface area contributed by atoms with Crippen molar-refractivity contribution in [2.24, 2.45) is 11.8 Å². The number of carboxylic acids is 1. The number of ether oxygens (including phenoxy) is 1. The molecule has 0 radical (unpaired) electrons. The quantitative estimate of drug-likeness (QED) is 0.335. The van der Waals surface area contributed by atoms with Crippen molar-refractivity contribution in [2.45, 2.75) is 60.3 Å². The van der Waals surface area contributed by atoms with Gasteiger partial charge in [-0.15, -0.1) is 0 Å². The van der Waals surface area contributed by atoms with Gasteiger partial charge < -0.3 is 9.84 Å². The Bertz CT molecular complexity index is 1130. The average molecular weight is 459 g/mol. The van der Waals surface area contributed by atoms with Gasteiger partial charge in [0.25, 0.3) is 0 Å². The van der Waals surface area contributed by atoms with Gasteiger partial charge in [-0.2, -0.15) is 0 Å². The monoisotopic (exact) mass is 458 g/mol. The van der Waals surface area contributed by atoms with Crippen LogP contribution < -0.4 is 4.74 Å². The number of carbonyl (C=O) groups is 1. The minimum atomic E-state index is -0.968. The van der Waals surface area contributed by atoms with Gasteiger partial charge in [0, 0.05) is 0 Å². The van der Waals surface area contributed by atoms with Crippen LogP contribution in [-0.2, 0) is 17.6 Å². The Hall–Kier alpha value is -3.07. The summed E-state index contributed by atoms with van der Waals surface area (Å²) in [4.78, 5) is 10.9. The fraction of sp³-hybridized carbons (Fsp3) is 0.387. The summed E-state index contributed by atoms with van der Waals surface area (Å²) < 4.78 is 5.46. The summed E-state index contributed by atoms with van der Waals surface area (Å²) in [6.45, 7) is 13.1. The third-order valence-electron chi connectivity index (χ3n) is 5.98. The molecular formula is C31H38O3. The van der Waals surface area contributed by atoms with Crippen LogP contribution in [0.15, 0.2) is 60.7 Å². The van der Waals surface area contributed by atoms with Gasteiger partial charge in [0.05, 0.1) is 0 Å². The van der Waals surface area contributed by atoms with Gasteiger partial charge in [-0.3, -0.25) is 0 Å². The van der Waals surface area contributed by atoms with Crippen molar-refractivity contribution in [1.82, 2.24) is 0 Å². The van der Waals surface area contributed by atoms with Gasteiger partial charge in [-0.25, -0.2) is 4.79 Å². The van der Waals surface area contributed by atoms with Crippen LogP contribution in [0, 0.1) is 11.8 Å². The molecule has 0 unspecified atom stereocenters. The molecule has 0 saturated heterocycles. The van der Waals surface area contributed by atoms with E-state index in [1.165, 1.54) is 38.9 Å². The molecule has 180 valence electrons. The first kappa shape index (κ1) is 25.6. The molecule has 3 heteroatoms. The molecule has 0 saturated carbocycles. The number of hydrogen-bond donors (Lipinski definition) is 1.